The Morgan fingerprint density at radius 2 is 2.07 bits per heavy atom. The average molecular weight is 201 g/mol. The van der Waals surface area contributed by atoms with E-state index in [1.807, 2.05) is 18.2 Å². The molecule has 0 saturated carbocycles. The normalized spacial score (nSPS) is 23.5. The fourth-order valence-electron chi connectivity index (χ4n) is 1.85. The van der Waals surface area contributed by atoms with E-state index < -0.39 is 0 Å². The molecule has 0 aromatic heterocycles. The van der Waals surface area contributed by atoms with Gasteiger partial charge in [-0.1, -0.05) is 30.3 Å². The summed E-state index contributed by atoms with van der Waals surface area (Å²) in [6.07, 6.45) is 4.99. The van der Waals surface area contributed by atoms with E-state index in [0.29, 0.717) is 0 Å². The van der Waals surface area contributed by atoms with Crippen LogP contribution in [0.4, 0.5) is 0 Å². The molecule has 0 bridgehead atoms. The number of piperidine rings is 1. The van der Waals surface area contributed by atoms with Gasteiger partial charge in [0.15, 0.2) is 0 Å². The van der Waals surface area contributed by atoms with Gasteiger partial charge in [0.1, 0.15) is 6.29 Å². The molecule has 0 radical (unpaired) electrons. The van der Waals surface area contributed by atoms with Crippen molar-refractivity contribution in [2.45, 2.75) is 12.8 Å². The van der Waals surface area contributed by atoms with Crippen LogP contribution in [0.5, 0.6) is 0 Å². The molecule has 2 nitrogen and oxygen atoms in total. The fourth-order valence-corrected chi connectivity index (χ4v) is 1.85. The summed E-state index contributed by atoms with van der Waals surface area (Å²) in [4.78, 5) is 10.7. The summed E-state index contributed by atoms with van der Waals surface area (Å²) in [5.74, 6) is 0.196. The Kier molecular flexibility index (Phi) is 3.18. The molecule has 1 saturated heterocycles. The van der Waals surface area contributed by atoms with Gasteiger partial charge >= 0.3 is 0 Å². The van der Waals surface area contributed by atoms with Crippen molar-refractivity contribution in [1.29, 1.82) is 0 Å². The van der Waals surface area contributed by atoms with Gasteiger partial charge in [-0.05, 0) is 24.5 Å². The van der Waals surface area contributed by atoms with Crippen molar-refractivity contribution in [3.63, 3.8) is 0 Å². The Bertz CT molecular complexity index is 356. The lowest BCUT2D eigenvalue weighted by atomic mass is 9.96. The second kappa shape index (κ2) is 4.78. The number of rotatable bonds is 2. The molecule has 1 aliphatic heterocycles. The highest BCUT2D eigenvalue weighted by Gasteiger charge is 2.15. The zero-order valence-electron chi connectivity index (χ0n) is 8.65. The van der Waals surface area contributed by atoms with Gasteiger partial charge < -0.3 is 10.1 Å². The maximum atomic E-state index is 10.7. The molecule has 0 spiro atoms. The lowest BCUT2D eigenvalue weighted by Gasteiger charge is -2.21. The number of aldehydes is 1. The smallest absolute Gasteiger partial charge is 0.123 e. The van der Waals surface area contributed by atoms with Crippen LogP contribution < -0.4 is 5.32 Å². The maximum Gasteiger partial charge on any atom is 0.123 e. The summed E-state index contributed by atoms with van der Waals surface area (Å²) in [5.41, 5.74) is 2.36. The number of hydrogen-bond acceptors (Lipinski definition) is 2. The van der Waals surface area contributed by atoms with Crippen LogP contribution in [0.25, 0.3) is 6.08 Å². The lowest BCUT2D eigenvalue weighted by Crippen LogP contribution is -2.26. The molecule has 0 aliphatic carbocycles. The van der Waals surface area contributed by atoms with Crippen molar-refractivity contribution < 1.29 is 4.79 Å². The Balaban J connectivity index is 2.10. The molecule has 1 unspecified atom stereocenters. The van der Waals surface area contributed by atoms with Gasteiger partial charge in [0, 0.05) is 18.2 Å². The standard InChI is InChI=1S/C13H15NO/c15-10-12-6-7-14-13(9-12)8-11-4-2-1-3-5-11/h1-5,8,10,12,14H,6-7,9H2. The zero-order chi connectivity index (χ0) is 10.5. The highest BCUT2D eigenvalue weighted by atomic mass is 16.1. The average Bonchev–Trinajstić information content (AvgIpc) is 2.31. The van der Waals surface area contributed by atoms with Crippen molar-refractivity contribution in [2.24, 2.45) is 5.92 Å². The molecule has 1 aromatic rings. The Hall–Kier alpha value is -1.57. The highest BCUT2D eigenvalue weighted by Crippen LogP contribution is 2.18. The molecular formula is C13H15NO. The van der Waals surface area contributed by atoms with Crippen molar-refractivity contribution >= 4 is 12.4 Å². The van der Waals surface area contributed by atoms with E-state index in [9.17, 15) is 4.79 Å². The second-order valence-electron chi connectivity index (χ2n) is 3.90. The SMILES string of the molecule is O=CC1CCNC(=Cc2ccccc2)C1. The highest BCUT2D eigenvalue weighted by molar-refractivity contribution is 5.58. The summed E-state index contributed by atoms with van der Waals surface area (Å²) >= 11 is 0. The van der Waals surface area contributed by atoms with Gasteiger partial charge in [-0.3, -0.25) is 0 Å². The minimum absolute atomic E-state index is 0.196. The van der Waals surface area contributed by atoms with E-state index in [2.05, 4.69) is 23.5 Å². The van der Waals surface area contributed by atoms with Gasteiger partial charge in [0.2, 0.25) is 0 Å². The first kappa shape index (κ1) is 9.97. The van der Waals surface area contributed by atoms with Crippen molar-refractivity contribution in [1.82, 2.24) is 5.32 Å². The third-order valence-corrected chi connectivity index (χ3v) is 2.68. The van der Waals surface area contributed by atoms with Crippen LogP contribution in [0.15, 0.2) is 36.0 Å². The molecule has 15 heavy (non-hydrogen) atoms. The third-order valence-electron chi connectivity index (χ3n) is 2.68. The summed E-state index contributed by atoms with van der Waals surface area (Å²) < 4.78 is 0. The quantitative estimate of drug-likeness (QED) is 0.743. The number of nitrogens with one attached hydrogen (secondary N) is 1. The molecule has 1 heterocycles. The summed E-state index contributed by atoms with van der Waals surface area (Å²) in [6, 6.07) is 10.2. The summed E-state index contributed by atoms with van der Waals surface area (Å²) in [5, 5.41) is 3.33. The Labute approximate surface area is 90.0 Å². The Morgan fingerprint density at radius 3 is 2.80 bits per heavy atom. The van der Waals surface area contributed by atoms with Crippen molar-refractivity contribution in [2.75, 3.05) is 6.54 Å². The van der Waals surface area contributed by atoms with Crippen LogP contribution >= 0.6 is 0 Å². The largest absolute Gasteiger partial charge is 0.388 e. The minimum Gasteiger partial charge on any atom is -0.388 e. The van der Waals surface area contributed by atoms with E-state index in [0.717, 1.165) is 25.7 Å². The summed E-state index contributed by atoms with van der Waals surface area (Å²) in [7, 11) is 0. The van der Waals surface area contributed by atoms with Crippen LogP contribution in [0, 0.1) is 5.92 Å². The molecular weight excluding hydrogens is 186 g/mol. The molecule has 1 aliphatic rings. The van der Waals surface area contributed by atoms with E-state index >= 15 is 0 Å². The molecule has 1 atom stereocenters. The first-order chi connectivity index (χ1) is 7.38. The van der Waals surface area contributed by atoms with Crippen molar-refractivity contribution in [3.8, 4) is 0 Å². The molecule has 1 fully saturated rings. The van der Waals surface area contributed by atoms with Crippen LogP contribution in [0.3, 0.4) is 0 Å². The fraction of sp³-hybridized carbons (Fsp3) is 0.308. The van der Waals surface area contributed by atoms with Gasteiger partial charge in [-0.2, -0.15) is 0 Å². The number of allylic oxidation sites excluding steroid dienone is 1. The number of carbonyl (C=O) groups is 1. The predicted molar refractivity (Wildman–Crippen MR) is 61.2 cm³/mol. The molecule has 78 valence electrons. The molecule has 1 aromatic carbocycles. The van der Waals surface area contributed by atoms with Gasteiger partial charge in [-0.25, -0.2) is 0 Å². The maximum absolute atomic E-state index is 10.7. The predicted octanol–water partition coefficient (Wildman–Crippen LogP) is 2.23. The second-order valence-corrected chi connectivity index (χ2v) is 3.90. The first-order valence-electron chi connectivity index (χ1n) is 5.33. The van der Waals surface area contributed by atoms with Crippen molar-refractivity contribution in [3.05, 3.63) is 41.6 Å². The van der Waals surface area contributed by atoms with Gasteiger partial charge in [0.05, 0.1) is 0 Å². The number of carbonyl (C=O) groups excluding carboxylic acids is 1. The summed E-state index contributed by atoms with van der Waals surface area (Å²) in [6.45, 7) is 0.905. The van der Waals surface area contributed by atoms with Crippen LogP contribution in [0.1, 0.15) is 18.4 Å². The molecule has 0 amide bonds. The number of benzene rings is 1. The zero-order valence-corrected chi connectivity index (χ0v) is 8.65. The third kappa shape index (κ3) is 2.69. The van der Waals surface area contributed by atoms with E-state index in [1.165, 1.54) is 11.3 Å². The van der Waals surface area contributed by atoms with Gasteiger partial charge in [0.25, 0.3) is 0 Å². The van der Waals surface area contributed by atoms with E-state index in [4.69, 9.17) is 0 Å². The number of hydrogen-bond donors (Lipinski definition) is 1. The van der Waals surface area contributed by atoms with Crippen LogP contribution in [-0.4, -0.2) is 12.8 Å². The Morgan fingerprint density at radius 1 is 1.27 bits per heavy atom. The van der Waals surface area contributed by atoms with E-state index in [-0.39, 0.29) is 5.92 Å². The topological polar surface area (TPSA) is 29.1 Å². The van der Waals surface area contributed by atoms with Crippen LogP contribution in [-0.2, 0) is 4.79 Å². The molecule has 2 rings (SSSR count). The molecule has 1 N–H and O–H groups in total. The first-order valence-corrected chi connectivity index (χ1v) is 5.33. The van der Waals surface area contributed by atoms with E-state index in [1.54, 1.807) is 0 Å². The minimum atomic E-state index is 0.196. The van der Waals surface area contributed by atoms with Gasteiger partial charge in [-0.15, -0.1) is 0 Å². The monoisotopic (exact) mass is 201 g/mol. The van der Waals surface area contributed by atoms with Crippen LogP contribution in [0.2, 0.25) is 0 Å². The lowest BCUT2D eigenvalue weighted by molar-refractivity contribution is -0.111. The molecule has 2 heteroatoms.